The van der Waals surface area contributed by atoms with Gasteiger partial charge in [0, 0.05) is 29.7 Å². The number of aromatic nitrogens is 1. The van der Waals surface area contributed by atoms with Crippen molar-refractivity contribution in [3.05, 3.63) is 35.5 Å². The number of aromatic amines is 1. The average Bonchev–Trinajstić information content (AvgIpc) is 2.78. The molecule has 0 aliphatic rings. The van der Waals surface area contributed by atoms with Crippen LogP contribution in [0.1, 0.15) is 30.9 Å². The molecule has 4 nitrogen and oxygen atoms in total. The van der Waals surface area contributed by atoms with E-state index in [1.165, 1.54) is 5.56 Å². The predicted octanol–water partition coefficient (Wildman–Crippen LogP) is 2.30. The first-order valence-electron chi connectivity index (χ1n) is 7.07. The van der Waals surface area contributed by atoms with E-state index in [0.717, 1.165) is 22.9 Å². The third-order valence-electron chi connectivity index (χ3n) is 3.48. The van der Waals surface area contributed by atoms with Gasteiger partial charge in [0.25, 0.3) is 0 Å². The number of H-pyrrole nitrogens is 1. The molecule has 0 radical (unpaired) electrons. The Morgan fingerprint density at radius 2 is 2.25 bits per heavy atom. The van der Waals surface area contributed by atoms with E-state index in [0.29, 0.717) is 12.8 Å². The predicted molar refractivity (Wildman–Crippen MR) is 80.7 cm³/mol. The number of rotatable bonds is 6. The molecule has 1 heterocycles. The Balaban J connectivity index is 1.99. The third-order valence-corrected chi connectivity index (χ3v) is 3.48. The SMILES string of the molecule is Cc1ccc2c(CC(=O)NC(C)CCCO)c[nH]c2c1. The molecule has 1 amide bonds. The largest absolute Gasteiger partial charge is 0.396 e. The highest BCUT2D eigenvalue weighted by Gasteiger charge is 2.11. The van der Waals surface area contributed by atoms with Gasteiger partial charge in [-0.3, -0.25) is 4.79 Å². The van der Waals surface area contributed by atoms with E-state index in [1.807, 2.05) is 13.1 Å². The van der Waals surface area contributed by atoms with Gasteiger partial charge in [0.15, 0.2) is 0 Å². The summed E-state index contributed by atoms with van der Waals surface area (Å²) in [6.45, 7) is 4.18. The van der Waals surface area contributed by atoms with Gasteiger partial charge in [0.05, 0.1) is 6.42 Å². The number of benzene rings is 1. The Morgan fingerprint density at radius 3 is 3.00 bits per heavy atom. The molecule has 1 aromatic carbocycles. The van der Waals surface area contributed by atoms with Crippen LogP contribution in [0.5, 0.6) is 0 Å². The van der Waals surface area contributed by atoms with Crippen molar-refractivity contribution in [1.29, 1.82) is 0 Å². The van der Waals surface area contributed by atoms with Crippen molar-refractivity contribution in [1.82, 2.24) is 10.3 Å². The Hall–Kier alpha value is -1.81. The Labute approximate surface area is 119 Å². The van der Waals surface area contributed by atoms with Crippen LogP contribution in [0.25, 0.3) is 10.9 Å². The molecule has 0 spiro atoms. The zero-order valence-corrected chi connectivity index (χ0v) is 12.1. The molecular formula is C16H22N2O2. The fourth-order valence-electron chi connectivity index (χ4n) is 2.41. The second-order valence-corrected chi connectivity index (χ2v) is 5.37. The van der Waals surface area contributed by atoms with E-state index < -0.39 is 0 Å². The highest BCUT2D eigenvalue weighted by Crippen LogP contribution is 2.19. The van der Waals surface area contributed by atoms with Gasteiger partial charge in [-0.15, -0.1) is 0 Å². The molecule has 1 atom stereocenters. The molecule has 0 saturated carbocycles. The summed E-state index contributed by atoms with van der Waals surface area (Å²) in [6.07, 6.45) is 3.80. The van der Waals surface area contributed by atoms with Crippen LogP contribution in [0.3, 0.4) is 0 Å². The number of aliphatic hydroxyl groups excluding tert-OH is 1. The number of aliphatic hydroxyl groups is 1. The topological polar surface area (TPSA) is 65.1 Å². The molecule has 0 bridgehead atoms. The summed E-state index contributed by atoms with van der Waals surface area (Å²) in [5, 5.41) is 12.9. The number of fused-ring (bicyclic) bond motifs is 1. The monoisotopic (exact) mass is 274 g/mol. The van der Waals surface area contributed by atoms with Crippen LogP contribution in [-0.2, 0) is 11.2 Å². The molecule has 2 aromatic rings. The van der Waals surface area contributed by atoms with E-state index in [1.54, 1.807) is 0 Å². The Bertz CT molecular complexity index is 589. The van der Waals surface area contributed by atoms with E-state index >= 15 is 0 Å². The fraction of sp³-hybridized carbons (Fsp3) is 0.438. The summed E-state index contributed by atoms with van der Waals surface area (Å²) >= 11 is 0. The molecule has 1 unspecified atom stereocenters. The number of carbonyl (C=O) groups excluding carboxylic acids is 1. The van der Waals surface area contributed by atoms with Crippen LogP contribution in [0.4, 0.5) is 0 Å². The maximum absolute atomic E-state index is 12.0. The van der Waals surface area contributed by atoms with E-state index in [4.69, 9.17) is 5.11 Å². The molecule has 20 heavy (non-hydrogen) atoms. The number of hydrogen-bond donors (Lipinski definition) is 3. The lowest BCUT2D eigenvalue weighted by molar-refractivity contribution is -0.121. The lowest BCUT2D eigenvalue weighted by Gasteiger charge is -2.12. The van der Waals surface area contributed by atoms with Crippen molar-refractivity contribution in [2.24, 2.45) is 0 Å². The average molecular weight is 274 g/mol. The number of carbonyl (C=O) groups is 1. The zero-order valence-electron chi connectivity index (χ0n) is 12.1. The maximum Gasteiger partial charge on any atom is 0.224 e. The van der Waals surface area contributed by atoms with Crippen molar-refractivity contribution in [2.45, 2.75) is 39.2 Å². The van der Waals surface area contributed by atoms with Crippen LogP contribution < -0.4 is 5.32 Å². The molecular weight excluding hydrogens is 252 g/mol. The van der Waals surface area contributed by atoms with Gasteiger partial charge in [-0.2, -0.15) is 0 Å². The van der Waals surface area contributed by atoms with Crippen LogP contribution in [0.15, 0.2) is 24.4 Å². The first kappa shape index (κ1) is 14.6. The standard InChI is InChI=1S/C16H22N2O2/c1-11-5-6-14-13(10-17-15(14)8-11)9-16(20)18-12(2)4-3-7-19/h5-6,8,10,12,17,19H,3-4,7,9H2,1-2H3,(H,18,20). The van der Waals surface area contributed by atoms with Gasteiger partial charge >= 0.3 is 0 Å². The van der Waals surface area contributed by atoms with Gasteiger partial charge in [0.2, 0.25) is 5.91 Å². The summed E-state index contributed by atoms with van der Waals surface area (Å²) in [5.74, 6) is 0.0249. The van der Waals surface area contributed by atoms with Gasteiger partial charge in [-0.05, 0) is 43.9 Å². The zero-order chi connectivity index (χ0) is 14.5. The quantitative estimate of drug-likeness (QED) is 0.756. The van der Waals surface area contributed by atoms with Gasteiger partial charge in [0.1, 0.15) is 0 Å². The molecule has 1 aromatic heterocycles. The number of aryl methyl sites for hydroxylation is 1. The molecule has 0 aliphatic carbocycles. The normalized spacial score (nSPS) is 12.6. The second kappa shape index (κ2) is 6.57. The molecule has 0 aliphatic heterocycles. The van der Waals surface area contributed by atoms with Gasteiger partial charge in [-0.25, -0.2) is 0 Å². The van der Waals surface area contributed by atoms with E-state index in [9.17, 15) is 4.79 Å². The highest BCUT2D eigenvalue weighted by molar-refractivity contribution is 5.89. The third kappa shape index (κ3) is 3.61. The van der Waals surface area contributed by atoms with Crippen LogP contribution in [-0.4, -0.2) is 28.6 Å². The molecule has 2 rings (SSSR count). The molecule has 3 N–H and O–H groups in total. The minimum atomic E-state index is 0.0249. The lowest BCUT2D eigenvalue weighted by atomic mass is 10.1. The van der Waals surface area contributed by atoms with Crippen molar-refractivity contribution in [2.75, 3.05) is 6.61 Å². The first-order valence-corrected chi connectivity index (χ1v) is 7.07. The number of amides is 1. The van der Waals surface area contributed by atoms with Crippen molar-refractivity contribution < 1.29 is 9.90 Å². The van der Waals surface area contributed by atoms with Crippen molar-refractivity contribution in [3.63, 3.8) is 0 Å². The summed E-state index contributed by atoms with van der Waals surface area (Å²) < 4.78 is 0. The smallest absolute Gasteiger partial charge is 0.224 e. The molecule has 0 fully saturated rings. The molecule has 108 valence electrons. The number of hydrogen-bond acceptors (Lipinski definition) is 2. The number of nitrogens with one attached hydrogen (secondary N) is 2. The molecule has 4 heteroatoms. The second-order valence-electron chi connectivity index (χ2n) is 5.37. The Morgan fingerprint density at radius 1 is 1.45 bits per heavy atom. The van der Waals surface area contributed by atoms with Crippen LogP contribution >= 0.6 is 0 Å². The Kier molecular flexibility index (Phi) is 4.79. The van der Waals surface area contributed by atoms with Crippen LogP contribution in [0, 0.1) is 6.92 Å². The summed E-state index contributed by atoms with van der Waals surface area (Å²) in [6, 6.07) is 6.29. The van der Waals surface area contributed by atoms with Gasteiger partial charge < -0.3 is 15.4 Å². The van der Waals surface area contributed by atoms with Crippen molar-refractivity contribution in [3.8, 4) is 0 Å². The highest BCUT2D eigenvalue weighted by atomic mass is 16.2. The van der Waals surface area contributed by atoms with E-state index in [-0.39, 0.29) is 18.6 Å². The first-order chi connectivity index (χ1) is 9.60. The fourth-order valence-corrected chi connectivity index (χ4v) is 2.41. The lowest BCUT2D eigenvalue weighted by Crippen LogP contribution is -2.33. The van der Waals surface area contributed by atoms with Gasteiger partial charge in [-0.1, -0.05) is 12.1 Å². The molecule has 0 saturated heterocycles. The summed E-state index contributed by atoms with van der Waals surface area (Å²) in [7, 11) is 0. The maximum atomic E-state index is 12.0. The van der Waals surface area contributed by atoms with Crippen LogP contribution in [0.2, 0.25) is 0 Å². The van der Waals surface area contributed by atoms with Crippen molar-refractivity contribution >= 4 is 16.8 Å². The summed E-state index contributed by atoms with van der Waals surface area (Å²) in [4.78, 5) is 15.2. The minimum absolute atomic E-state index is 0.0249. The summed E-state index contributed by atoms with van der Waals surface area (Å²) in [5.41, 5.74) is 3.29. The van der Waals surface area contributed by atoms with E-state index in [2.05, 4.69) is 35.4 Å². The minimum Gasteiger partial charge on any atom is -0.396 e.